The molecule has 0 saturated carbocycles. The maximum Gasteiger partial charge on any atom is 0.230 e. The third kappa shape index (κ3) is 3.19. The van der Waals surface area contributed by atoms with Crippen LogP contribution in [0.4, 0.5) is 0 Å². The fourth-order valence-corrected chi connectivity index (χ4v) is 4.06. The van der Waals surface area contributed by atoms with Gasteiger partial charge in [0.15, 0.2) is 0 Å². The number of rotatable bonds is 6. The van der Waals surface area contributed by atoms with Gasteiger partial charge < -0.3 is 15.4 Å². The average molecular weight is 332 g/mol. The van der Waals surface area contributed by atoms with Crippen molar-refractivity contribution in [2.75, 3.05) is 18.9 Å². The molecule has 0 bridgehead atoms. The lowest BCUT2D eigenvalue weighted by molar-refractivity contribution is -0.118. The van der Waals surface area contributed by atoms with Gasteiger partial charge in [-0.3, -0.25) is 4.79 Å². The molecule has 0 spiro atoms. The molecule has 0 aliphatic rings. The van der Waals surface area contributed by atoms with Crippen molar-refractivity contribution in [3.05, 3.63) is 41.8 Å². The van der Waals surface area contributed by atoms with E-state index >= 15 is 0 Å². The summed E-state index contributed by atoms with van der Waals surface area (Å²) in [6.45, 7) is 0.259. The number of benzene rings is 1. The van der Waals surface area contributed by atoms with Crippen LogP contribution in [0.1, 0.15) is 0 Å². The molecular formula is C16H16N2O2S2. The van der Waals surface area contributed by atoms with E-state index in [0.717, 1.165) is 26.4 Å². The Balaban J connectivity index is 1.89. The van der Waals surface area contributed by atoms with Gasteiger partial charge in [-0.25, -0.2) is 0 Å². The van der Waals surface area contributed by atoms with Crippen LogP contribution in [0.5, 0.6) is 0 Å². The largest absolute Gasteiger partial charge is 0.395 e. The lowest BCUT2D eigenvalue weighted by Gasteiger charge is -2.04. The number of aromatic amines is 1. The van der Waals surface area contributed by atoms with Crippen molar-refractivity contribution in [2.24, 2.45) is 0 Å². The number of aliphatic hydroxyl groups excluding tert-OH is 1. The van der Waals surface area contributed by atoms with Gasteiger partial charge in [0.25, 0.3) is 0 Å². The molecule has 22 heavy (non-hydrogen) atoms. The molecule has 6 heteroatoms. The van der Waals surface area contributed by atoms with Crippen LogP contribution < -0.4 is 5.32 Å². The topological polar surface area (TPSA) is 65.1 Å². The number of para-hydroxylation sites is 1. The van der Waals surface area contributed by atoms with Crippen LogP contribution in [0, 0.1) is 0 Å². The van der Waals surface area contributed by atoms with Gasteiger partial charge in [-0.05, 0) is 17.5 Å². The van der Waals surface area contributed by atoms with Crippen LogP contribution in [0.2, 0.25) is 0 Å². The maximum absolute atomic E-state index is 11.8. The molecule has 0 saturated heterocycles. The number of thioether (sulfide) groups is 1. The summed E-state index contributed by atoms with van der Waals surface area (Å²) in [7, 11) is 0. The summed E-state index contributed by atoms with van der Waals surface area (Å²) in [4.78, 5) is 17.5. The molecule has 1 aromatic carbocycles. The maximum atomic E-state index is 11.8. The first-order chi connectivity index (χ1) is 10.8. The fourth-order valence-electron chi connectivity index (χ4n) is 2.24. The van der Waals surface area contributed by atoms with Crippen molar-refractivity contribution in [2.45, 2.75) is 4.90 Å². The van der Waals surface area contributed by atoms with Crippen molar-refractivity contribution in [1.29, 1.82) is 0 Å². The Morgan fingerprint density at radius 1 is 1.27 bits per heavy atom. The average Bonchev–Trinajstić information content (AvgIpc) is 3.18. The number of hydrogen-bond donors (Lipinski definition) is 3. The molecule has 1 amide bonds. The van der Waals surface area contributed by atoms with E-state index in [1.807, 2.05) is 29.6 Å². The number of amides is 1. The summed E-state index contributed by atoms with van der Waals surface area (Å²) >= 11 is 3.20. The minimum Gasteiger partial charge on any atom is -0.395 e. The number of aromatic nitrogens is 1. The normalized spacial score (nSPS) is 11.0. The van der Waals surface area contributed by atoms with Crippen molar-refractivity contribution in [3.8, 4) is 10.6 Å². The lowest BCUT2D eigenvalue weighted by Crippen LogP contribution is -2.27. The van der Waals surface area contributed by atoms with Gasteiger partial charge >= 0.3 is 0 Å². The minimum absolute atomic E-state index is 0.0378. The van der Waals surface area contributed by atoms with Crippen molar-refractivity contribution in [3.63, 3.8) is 0 Å². The first kappa shape index (κ1) is 15.1. The lowest BCUT2D eigenvalue weighted by atomic mass is 10.2. The van der Waals surface area contributed by atoms with E-state index in [-0.39, 0.29) is 12.5 Å². The summed E-state index contributed by atoms with van der Waals surface area (Å²) in [5, 5.41) is 14.6. The van der Waals surface area contributed by atoms with Gasteiger partial charge in [0.05, 0.1) is 22.9 Å². The van der Waals surface area contributed by atoms with E-state index in [4.69, 9.17) is 5.11 Å². The predicted octanol–water partition coefficient (Wildman–Crippen LogP) is 3.10. The predicted molar refractivity (Wildman–Crippen MR) is 92.4 cm³/mol. The molecule has 0 atom stereocenters. The van der Waals surface area contributed by atoms with Crippen molar-refractivity contribution in [1.82, 2.24) is 10.3 Å². The second-order valence-electron chi connectivity index (χ2n) is 4.71. The van der Waals surface area contributed by atoms with E-state index < -0.39 is 0 Å². The number of hydrogen-bond acceptors (Lipinski definition) is 4. The summed E-state index contributed by atoms with van der Waals surface area (Å²) in [5.74, 6) is 0.265. The van der Waals surface area contributed by atoms with Crippen LogP contribution in [-0.4, -0.2) is 34.9 Å². The molecule has 3 N–H and O–H groups in total. The number of carbonyl (C=O) groups is 1. The number of nitrogens with one attached hydrogen (secondary N) is 2. The molecule has 0 unspecified atom stereocenters. The SMILES string of the molecule is O=C(CSc1c(-c2cccs2)[nH]c2ccccc12)NCCO. The molecule has 3 aromatic rings. The smallest absolute Gasteiger partial charge is 0.230 e. The van der Waals surface area contributed by atoms with Crippen LogP contribution in [-0.2, 0) is 4.79 Å². The highest BCUT2D eigenvalue weighted by Gasteiger charge is 2.15. The molecule has 0 radical (unpaired) electrons. The third-order valence-corrected chi connectivity index (χ3v) is 5.21. The van der Waals surface area contributed by atoms with E-state index in [0.29, 0.717) is 12.3 Å². The van der Waals surface area contributed by atoms with Gasteiger partial charge in [-0.15, -0.1) is 23.1 Å². The number of thiophene rings is 1. The zero-order valence-electron chi connectivity index (χ0n) is 11.8. The molecule has 2 heterocycles. The molecule has 0 aliphatic heterocycles. The monoisotopic (exact) mass is 332 g/mol. The Morgan fingerprint density at radius 3 is 2.91 bits per heavy atom. The molecule has 0 aliphatic carbocycles. The molecule has 2 aromatic heterocycles. The van der Waals surface area contributed by atoms with Crippen LogP contribution in [0.25, 0.3) is 21.5 Å². The van der Waals surface area contributed by atoms with Crippen LogP contribution in [0.15, 0.2) is 46.7 Å². The summed E-state index contributed by atoms with van der Waals surface area (Å²) < 4.78 is 0. The molecule has 4 nitrogen and oxygen atoms in total. The highest BCUT2D eigenvalue weighted by atomic mass is 32.2. The van der Waals surface area contributed by atoms with Crippen molar-refractivity contribution >= 4 is 39.9 Å². The Morgan fingerprint density at radius 2 is 2.14 bits per heavy atom. The molecular weight excluding hydrogens is 316 g/mol. The van der Waals surface area contributed by atoms with E-state index in [1.165, 1.54) is 11.8 Å². The van der Waals surface area contributed by atoms with Crippen LogP contribution >= 0.6 is 23.1 Å². The Bertz CT molecular complexity index is 766. The van der Waals surface area contributed by atoms with Crippen molar-refractivity contribution < 1.29 is 9.90 Å². The molecule has 3 rings (SSSR count). The Hall–Kier alpha value is -1.76. The Kier molecular flexibility index (Phi) is 4.82. The quantitative estimate of drug-likeness (QED) is 0.608. The van der Waals surface area contributed by atoms with Gasteiger partial charge in [0.1, 0.15) is 0 Å². The van der Waals surface area contributed by atoms with Gasteiger partial charge in [0.2, 0.25) is 5.91 Å². The fraction of sp³-hybridized carbons (Fsp3) is 0.188. The minimum atomic E-state index is -0.0681. The summed E-state index contributed by atoms with van der Waals surface area (Å²) in [6.07, 6.45) is 0. The number of fused-ring (bicyclic) bond motifs is 1. The zero-order chi connectivity index (χ0) is 15.4. The van der Waals surface area contributed by atoms with E-state index in [2.05, 4.69) is 22.4 Å². The Labute approximate surface area is 136 Å². The second-order valence-corrected chi connectivity index (χ2v) is 6.65. The molecule has 114 valence electrons. The van der Waals surface area contributed by atoms with Gasteiger partial charge in [0, 0.05) is 22.3 Å². The van der Waals surface area contributed by atoms with E-state index in [9.17, 15) is 4.79 Å². The summed E-state index contributed by atoms with van der Waals surface area (Å²) in [5.41, 5.74) is 2.14. The second kappa shape index (κ2) is 7.00. The summed E-state index contributed by atoms with van der Waals surface area (Å²) in [6, 6.07) is 12.2. The van der Waals surface area contributed by atoms with Gasteiger partial charge in [-0.2, -0.15) is 0 Å². The van der Waals surface area contributed by atoms with Crippen LogP contribution in [0.3, 0.4) is 0 Å². The molecule has 0 fully saturated rings. The zero-order valence-corrected chi connectivity index (χ0v) is 13.5. The van der Waals surface area contributed by atoms with Gasteiger partial charge in [-0.1, -0.05) is 24.3 Å². The number of carbonyl (C=O) groups excluding carboxylic acids is 1. The van der Waals surface area contributed by atoms with E-state index in [1.54, 1.807) is 11.3 Å². The first-order valence-electron chi connectivity index (χ1n) is 6.94. The standard InChI is InChI=1S/C16H16N2O2S2/c19-8-7-17-14(20)10-22-16-11-4-1-2-5-12(11)18-15(16)13-6-3-9-21-13/h1-6,9,18-19H,7-8,10H2,(H,17,20). The highest BCUT2D eigenvalue weighted by molar-refractivity contribution is 8.00. The number of H-pyrrole nitrogens is 1. The highest BCUT2D eigenvalue weighted by Crippen LogP contribution is 2.39. The third-order valence-electron chi connectivity index (χ3n) is 3.21. The first-order valence-corrected chi connectivity index (χ1v) is 8.81. The number of aliphatic hydroxyl groups is 1.